The molecule has 0 aliphatic carbocycles. The van der Waals surface area contributed by atoms with Crippen molar-refractivity contribution in [2.24, 2.45) is 11.1 Å². The van der Waals surface area contributed by atoms with Gasteiger partial charge in [-0.2, -0.15) is 17.0 Å². The van der Waals surface area contributed by atoms with Gasteiger partial charge >= 0.3 is 0 Å². The van der Waals surface area contributed by atoms with E-state index < -0.39 is 15.6 Å². The van der Waals surface area contributed by atoms with Crippen molar-refractivity contribution in [2.45, 2.75) is 12.8 Å². The van der Waals surface area contributed by atoms with Crippen LogP contribution in [0.4, 0.5) is 0 Å². The summed E-state index contributed by atoms with van der Waals surface area (Å²) in [4.78, 5) is 14.7. The minimum atomic E-state index is -3.48. The number of piperazine rings is 1. The highest BCUT2D eigenvalue weighted by Gasteiger charge is 2.43. The third kappa shape index (κ3) is 4.32. The zero-order valence-electron chi connectivity index (χ0n) is 15.0. The first-order valence-electron chi connectivity index (χ1n) is 8.90. The number of hydrogen-bond acceptors (Lipinski definition) is 6. The Hall–Kier alpha value is -0.490. The summed E-state index contributed by atoms with van der Waals surface area (Å²) in [6.07, 6.45) is 1.27. The lowest BCUT2D eigenvalue weighted by atomic mass is 9.78. The fourth-order valence-corrected chi connectivity index (χ4v) is 5.23. The van der Waals surface area contributed by atoms with E-state index in [1.54, 1.807) is 4.90 Å². The maximum absolute atomic E-state index is 13.0. The Bertz CT molecular complexity index is 571. The van der Waals surface area contributed by atoms with Gasteiger partial charge in [-0.25, -0.2) is 0 Å². The number of carbonyl (C=O) groups excluding carboxylic acids is 1. The van der Waals surface area contributed by atoms with Crippen LogP contribution in [-0.2, 0) is 24.5 Å². The molecule has 3 aliphatic rings. The molecule has 0 radical (unpaired) electrons. The minimum Gasteiger partial charge on any atom is -0.381 e. The van der Waals surface area contributed by atoms with Crippen molar-refractivity contribution in [1.82, 2.24) is 13.5 Å². The molecular formula is C15H29ClN4O5S. The fourth-order valence-electron chi connectivity index (χ4n) is 3.67. The highest BCUT2D eigenvalue weighted by molar-refractivity contribution is 7.86. The number of rotatable bonds is 4. The molecule has 0 spiro atoms. The van der Waals surface area contributed by atoms with Crippen LogP contribution >= 0.6 is 12.4 Å². The van der Waals surface area contributed by atoms with Crippen LogP contribution in [0.2, 0.25) is 0 Å². The number of hydrogen-bond donors (Lipinski definition) is 1. The van der Waals surface area contributed by atoms with Crippen LogP contribution < -0.4 is 5.73 Å². The van der Waals surface area contributed by atoms with E-state index in [1.807, 2.05) is 0 Å². The van der Waals surface area contributed by atoms with E-state index in [-0.39, 0.29) is 18.3 Å². The van der Waals surface area contributed by atoms with E-state index in [9.17, 15) is 13.2 Å². The summed E-state index contributed by atoms with van der Waals surface area (Å²) < 4.78 is 38.9. The van der Waals surface area contributed by atoms with Crippen molar-refractivity contribution in [3.05, 3.63) is 0 Å². The lowest BCUT2D eigenvalue weighted by molar-refractivity contribution is -0.148. The lowest BCUT2D eigenvalue weighted by Crippen LogP contribution is -2.59. The lowest BCUT2D eigenvalue weighted by Gasteiger charge is -2.42. The predicted octanol–water partition coefficient (Wildman–Crippen LogP) is -1.12. The van der Waals surface area contributed by atoms with Gasteiger partial charge in [0.25, 0.3) is 10.2 Å². The zero-order valence-corrected chi connectivity index (χ0v) is 16.6. The second-order valence-electron chi connectivity index (χ2n) is 6.81. The third-order valence-corrected chi connectivity index (χ3v) is 7.48. The van der Waals surface area contributed by atoms with Crippen LogP contribution in [-0.4, -0.2) is 100 Å². The molecule has 2 N–H and O–H groups in total. The minimum absolute atomic E-state index is 0. The molecule has 152 valence electrons. The molecule has 3 rings (SSSR count). The number of carbonyl (C=O) groups is 1. The molecule has 0 aromatic heterocycles. The van der Waals surface area contributed by atoms with Gasteiger partial charge in [0, 0.05) is 59.0 Å². The number of ether oxygens (including phenoxy) is 2. The molecule has 0 saturated carbocycles. The summed E-state index contributed by atoms with van der Waals surface area (Å²) in [5, 5.41) is 0. The molecule has 0 unspecified atom stereocenters. The first kappa shape index (κ1) is 21.8. The summed E-state index contributed by atoms with van der Waals surface area (Å²) in [6, 6.07) is 0. The number of amides is 1. The number of halogens is 1. The van der Waals surface area contributed by atoms with Gasteiger partial charge in [-0.15, -0.1) is 12.4 Å². The van der Waals surface area contributed by atoms with Gasteiger partial charge in [-0.05, 0) is 12.8 Å². The number of nitrogens with two attached hydrogens (primary N) is 1. The largest absolute Gasteiger partial charge is 0.381 e. The maximum Gasteiger partial charge on any atom is 0.282 e. The van der Waals surface area contributed by atoms with Gasteiger partial charge in [-0.3, -0.25) is 4.79 Å². The molecule has 3 aliphatic heterocycles. The standard InChI is InChI=1S/C15H28N4O5S.ClH/c16-13-15(1-9-23-10-2-15)14(20)17-3-5-18(6-4-17)25(21,22)19-7-11-24-12-8-19;/h1-13,16H2;1H. The van der Waals surface area contributed by atoms with Crippen molar-refractivity contribution in [2.75, 3.05) is 72.2 Å². The fraction of sp³-hybridized carbons (Fsp3) is 0.933. The molecule has 0 atom stereocenters. The topological polar surface area (TPSA) is 105 Å². The van der Waals surface area contributed by atoms with E-state index in [1.165, 1.54) is 8.61 Å². The number of morpholine rings is 1. The van der Waals surface area contributed by atoms with Crippen LogP contribution in [0.15, 0.2) is 0 Å². The van der Waals surface area contributed by atoms with Crippen LogP contribution in [0.1, 0.15) is 12.8 Å². The second-order valence-corrected chi connectivity index (χ2v) is 8.74. The van der Waals surface area contributed by atoms with Crippen LogP contribution in [0.25, 0.3) is 0 Å². The van der Waals surface area contributed by atoms with Crippen molar-refractivity contribution in [1.29, 1.82) is 0 Å². The molecule has 9 nitrogen and oxygen atoms in total. The monoisotopic (exact) mass is 412 g/mol. The van der Waals surface area contributed by atoms with Crippen molar-refractivity contribution < 1.29 is 22.7 Å². The average molecular weight is 413 g/mol. The van der Waals surface area contributed by atoms with Gasteiger partial charge in [0.2, 0.25) is 5.91 Å². The first-order chi connectivity index (χ1) is 12.0. The smallest absolute Gasteiger partial charge is 0.282 e. The Morgan fingerprint density at radius 3 is 1.92 bits per heavy atom. The molecular weight excluding hydrogens is 384 g/mol. The molecule has 0 aromatic rings. The summed E-state index contributed by atoms with van der Waals surface area (Å²) in [7, 11) is -3.48. The predicted molar refractivity (Wildman–Crippen MR) is 98.3 cm³/mol. The summed E-state index contributed by atoms with van der Waals surface area (Å²) >= 11 is 0. The molecule has 11 heteroatoms. The molecule has 3 heterocycles. The Balaban J connectivity index is 0.00000243. The number of nitrogens with zero attached hydrogens (tertiary/aromatic N) is 3. The summed E-state index contributed by atoms with van der Waals surface area (Å²) in [5.74, 6) is 0.0433. The molecule has 3 saturated heterocycles. The molecule has 3 fully saturated rings. The van der Waals surface area contributed by atoms with E-state index in [2.05, 4.69) is 0 Å². The maximum atomic E-state index is 13.0. The third-order valence-electron chi connectivity index (χ3n) is 5.44. The molecule has 1 amide bonds. The molecule has 0 bridgehead atoms. The quantitative estimate of drug-likeness (QED) is 0.627. The zero-order chi connectivity index (χ0) is 17.9. The Kier molecular flexibility index (Phi) is 7.66. The summed E-state index contributed by atoms with van der Waals surface area (Å²) in [6.45, 7) is 4.50. The molecule has 0 aromatic carbocycles. The first-order valence-corrected chi connectivity index (χ1v) is 10.3. The van der Waals surface area contributed by atoms with Gasteiger partial charge in [0.15, 0.2) is 0 Å². The SMILES string of the molecule is Cl.NCC1(C(=O)N2CCN(S(=O)(=O)N3CCOCC3)CC2)CCOCC1. The van der Waals surface area contributed by atoms with Gasteiger partial charge in [0.05, 0.1) is 18.6 Å². The average Bonchev–Trinajstić information content (AvgIpc) is 2.68. The van der Waals surface area contributed by atoms with Crippen molar-refractivity contribution >= 4 is 28.5 Å². The van der Waals surface area contributed by atoms with Crippen molar-refractivity contribution in [3.63, 3.8) is 0 Å². The van der Waals surface area contributed by atoms with Crippen LogP contribution in [0, 0.1) is 5.41 Å². The second kappa shape index (κ2) is 9.13. The Morgan fingerprint density at radius 2 is 1.38 bits per heavy atom. The van der Waals surface area contributed by atoms with Crippen LogP contribution in [0.3, 0.4) is 0 Å². The van der Waals surface area contributed by atoms with E-state index >= 15 is 0 Å². The summed E-state index contributed by atoms with van der Waals surface area (Å²) in [5.41, 5.74) is 5.36. The van der Waals surface area contributed by atoms with E-state index in [4.69, 9.17) is 15.2 Å². The highest BCUT2D eigenvalue weighted by atomic mass is 35.5. The normalized spacial score (nSPS) is 25.5. The Morgan fingerprint density at radius 1 is 0.885 bits per heavy atom. The van der Waals surface area contributed by atoms with Gasteiger partial charge < -0.3 is 20.1 Å². The van der Waals surface area contributed by atoms with Crippen LogP contribution in [0.5, 0.6) is 0 Å². The van der Waals surface area contributed by atoms with Crippen molar-refractivity contribution in [3.8, 4) is 0 Å². The highest BCUT2D eigenvalue weighted by Crippen LogP contribution is 2.32. The molecule has 26 heavy (non-hydrogen) atoms. The van der Waals surface area contributed by atoms with E-state index in [0.29, 0.717) is 85.1 Å². The van der Waals surface area contributed by atoms with Gasteiger partial charge in [0.1, 0.15) is 0 Å². The Labute approximate surface area is 161 Å². The van der Waals surface area contributed by atoms with Gasteiger partial charge in [-0.1, -0.05) is 0 Å². The van der Waals surface area contributed by atoms with E-state index in [0.717, 1.165) is 0 Å².